The van der Waals surface area contributed by atoms with Crippen molar-refractivity contribution < 1.29 is 17.9 Å². The molecule has 1 N–H and O–H groups in total. The van der Waals surface area contributed by atoms with Crippen LogP contribution < -0.4 is 10.3 Å². The van der Waals surface area contributed by atoms with E-state index < -0.39 is 6.36 Å². The molecule has 1 aromatic carbocycles. The zero-order valence-corrected chi connectivity index (χ0v) is 10.7. The number of halogens is 3. The smallest absolute Gasteiger partial charge is 0.406 e. The average Bonchev–Trinajstić information content (AvgIpc) is 2.34. The SMILES string of the molecule is Cc1nc(-c2ccc(OC(F)(F)F)cc2)[nH]c(=O)c1C. The molecule has 1 aromatic heterocycles. The number of rotatable bonds is 2. The highest BCUT2D eigenvalue weighted by molar-refractivity contribution is 5.56. The Morgan fingerprint density at radius 1 is 1.15 bits per heavy atom. The third-order valence-corrected chi connectivity index (χ3v) is 2.76. The number of nitrogens with zero attached hydrogens (tertiary/aromatic N) is 1. The van der Waals surface area contributed by atoms with E-state index in [0.29, 0.717) is 22.6 Å². The number of alkyl halides is 3. The first-order valence-electron chi connectivity index (χ1n) is 5.70. The van der Waals surface area contributed by atoms with Gasteiger partial charge >= 0.3 is 6.36 Å². The van der Waals surface area contributed by atoms with Crippen LogP contribution in [-0.2, 0) is 0 Å². The molecule has 0 bridgehead atoms. The van der Waals surface area contributed by atoms with E-state index in [2.05, 4.69) is 14.7 Å². The Bertz CT molecular complexity index is 675. The summed E-state index contributed by atoms with van der Waals surface area (Å²) in [4.78, 5) is 18.4. The predicted octanol–water partition coefficient (Wildman–Crippen LogP) is 2.95. The van der Waals surface area contributed by atoms with Crippen molar-refractivity contribution in [2.75, 3.05) is 0 Å². The number of hydrogen-bond acceptors (Lipinski definition) is 3. The van der Waals surface area contributed by atoms with Crippen molar-refractivity contribution in [2.24, 2.45) is 0 Å². The second-order valence-corrected chi connectivity index (χ2v) is 4.20. The van der Waals surface area contributed by atoms with Crippen molar-refractivity contribution >= 4 is 0 Å². The summed E-state index contributed by atoms with van der Waals surface area (Å²) in [6, 6.07) is 5.12. The molecule has 1 heterocycles. The van der Waals surface area contributed by atoms with Gasteiger partial charge in [-0.05, 0) is 38.1 Å². The lowest BCUT2D eigenvalue weighted by Gasteiger charge is -2.09. The van der Waals surface area contributed by atoms with E-state index in [1.807, 2.05) is 0 Å². The Balaban J connectivity index is 2.33. The molecule has 2 rings (SSSR count). The van der Waals surface area contributed by atoms with Gasteiger partial charge in [0.15, 0.2) is 0 Å². The van der Waals surface area contributed by atoms with Crippen LogP contribution in [-0.4, -0.2) is 16.3 Å². The van der Waals surface area contributed by atoms with Gasteiger partial charge in [-0.15, -0.1) is 13.2 Å². The molecule has 0 aliphatic heterocycles. The number of hydrogen-bond donors (Lipinski definition) is 1. The highest BCUT2D eigenvalue weighted by Crippen LogP contribution is 2.25. The zero-order chi connectivity index (χ0) is 14.9. The van der Waals surface area contributed by atoms with Gasteiger partial charge in [0.25, 0.3) is 5.56 Å². The molecule has 0 fully saturated rings. The van der Waals surface area contributed by atoms with Crippen LogP contribution in [0.15, 0.2) is 29.1 Å². The van der Waals surface area contributed by atoms with Gasteiger partial charge in [0, 0.05) is 16.8 Å². The van der Waals surface area contributed by atoms with Crippen LogP contribution in [0.5, 0.6) is 5.75 Å². The summed E-state index contributed by atoms with van der Waals surface area (Å²) < 4.78 is 39.9. The van der Waals surface area contributed by atoms with Crippen LogP contribution in [0.25, 0.3) is 11.4 Å². The fourth-order valence-electron chi connectivity index (χ4n) is 1.60. The number of aryl methyl sites for hydroxylation is 1. The number of aromatic nitrogens is 2. The van der Waals surface area contributed by atoms with Crippen molar-refractivity contribution in [1.29, 1.82) is 0 Å². The first kappa shape index (κ1) is 14.1. The Hall–Kier alpha value is -2.31. The van der Waals surface area contributed by atoms with E-state index in [4.69, 9.17) is 0 Å². The summed E-state index contributed by atoms with van der Waals surface area (Å²) in [6.45, 7) is 3.33. The lowest BCUT2D eigenvalue weighted by Crippen LogP contribution is -2.17. The molecule has 0 radical (unpaired) electrons. The summed E-state index contributed by atoms with van der Waals surface area (Å²) in [5, 5.41) is 0. The molecule has 0 spiro atoms. The Labute approximate surface area is 112 Å². The Kier molecular flexibility index (Phi) is 3.52. The predicted molar refractivity (Wildman–Crippen MR) is 66.5 cm³/mol. The maximum atomic E-state index is 12.0. The van der Waals surface area contributed by atoms with Gasteiger partial charge in [-0.2, -0.15) is 0 Å². The molecule has 0 atom stereocenters. The molecule has 0 unspecified atom stereocenters. The molecular weight excluding hydrogens is 273 g/mol. The minimum atomic E-state index is -4.73. The standard InChI is InChI=1S/C13H11F3N2O2/c1-7-8(2)17-11(18-12(7)19)9-3-5-10(6-4-9)20-13(14,15)16/h3-6H,1-2H3,(H,17,18,19). The monoisotopic (exact) mass is 284 g/mol. The Morgan fingerprint density at radius 3 is 2.25 bits per heavy atom. The molecule has 7 heteroatoms. The summed E-state index contributed by atoms with van der Waals surface area (Å²) >= 11 is 0. The van der Waals surface area contributed by atoms with E-state index in [1.54, 1.807) is 13.8 Å². The van der Waals surface area contributed by atoms with E-state index in [-0.39, 0.29) is 11.3 Å². The van der Waals surface area contributed by atoms with Crippen LogP contribution in [0.2, 0.25) is 0 Å². The molecule has 0 aliphatic carbocycles. The van der Waals surface area contributed by atoms with Gasteiger partial charge in [-0.1, -0.05) is 0 Å². The second-order valence-electron chi connectivity index (χ2n) is 4.20. The van der Waals surface area contributed by atoms with Gasteiger partial charge in [-0.25, -0.2) is 4.98 Å². The van der Waals surface area contributed by atoms with Crippen LogP contribution in [0.3, 0.4) is 0 Å². The molecule has 0 saturated heterocycles. The van der Waals surface area contributed by atoms with E-state index in [9.17, 15) is 18.0 Å². The molecule has 2 aromatic rings. The van der Waals surface area contributed by atoms with Crippen molar-refractivity contribution in [2.45, 2.75) is 20.2 Å². The van der Waals surface area contributed by atoms with Gasteiger partial charge in [0.05, 0.1) is 0 Å². The third-order valence-electron chi connectivity index (χ3n) is 2.76. The van der Waals surface area contributed by atoms with Crippen molar-refractivity contribution in [3.05, 3.63) is 45.9 Å². The fourth-order valence-corrected chi connectivity index (χ4v) is 1.60. The Morgan fingerprint density at radius 2 is 1.75 bits per heavy atom. The van der Waals surface area contributed by atoms with E-state index >= 15 is 0 Å². The van der Waals surface area contributed by atoms with Crippen LogP contribution in [0.4, 0.5) is 13.2 Å². The van der Waals surface area contributed by atoms with Crippen molar-refractivity contribution in [3.63, 3.8) is 0 Å². The minimum absolute atomic E-state index is 0.275. The first-order chi connectivity index (χ1) is 9.26. The molecule has 0 saturated carbocycles. The largest absolute Gasteiger partial charge is 0.573 e. The average molecular weight is 284 g/mol. The topological polar surface area (TPSA) is 55.0 Å². The third kappa shape index (κ3) is 3.17. The highest BCUT2D eigenvalue weighted by atomic mass is 19.4. The van der Waals surface area contributed by atoms with Gasteiger partial charge in [0.1, 0.15) is 11.6 Å². The number of benzene rings is 1. The molecule has 20 heavy (non-hydrogen) atoms. The number of ether oxygens (including phenoxy) is 1. The van der Waals surface area contributed by atoms with E-state index in [1.165, 1.54) is 12.1 Å². The number of aromatic amines is 1. The summed E-state index contributed by atoms with van der Waals surface area (Å²) in [5.41, 5.74) is 1.30. The quantitative estimate of drug-likeness (QED) is 0.922. The normalized spacial score (nSPS) is 11.4. The first-order valence-corrected chi connectivity index (χ1v) is 5.70. The van der Waals surface area contributed by atoms with Gasteiger partial charge in [-0.3, -0.25) is 4.79 Å². The number of H-pyrrole nitrogens is 1. The second kappa shape index (κ2) is 4.99. The summed E-state index contributed by atoms with van der Waals surface area (Å²) in [7, 11) is 0. The lowest BCUT2D eigenvalue weighted by molar-refractivity contribution is -0.274. The molecule has 0 aliphatic rings. The van der Waals surface area contributed by atoms with Crippen LogP contribution in [0, 0.1) is 13.8 Å². The molecule has 0 amide bonds. The fraction of sp³-hybridized carbons (Fsp3) is 0.231. The summed E-state index contributed by atoms with van der Waals surface area (Å²) in [6.07, 6.45) is -4.73. The van der Waals surface area contributed by atoms with Crippen molar-refractivity contribution in [3.8, 4) is 17.1 Å². The van der Waals surface area contributed by atoms with Gasteiger partial charge < -0.3 is 9.72 Å². The van der Waals surface area contributed by atoms with Crippen molar-refractivity contribution in [1.82, 2.24) is 9.97 Å². The molecular formula is C13H11F3N2O2. The highest BCUT2D eigenvalue weighted by Gasteiger charge is 2.30. The lowest BCUT2D eigenvalue weighted by atomic mass is 10.2. The van der Waals surface area contributed by atoms with Crippen LogP contribution in [0.1, 0.15) is 11.3 Å². The summed E-state index contributed by atoms with van der Waals surface area (Å²) in [5.74, 6) is -0.0240. The van der Waals surface area contributed by atoms with Gasteiger partial charge in [0.2, 0.25) is 0 Å². The maximum Gasteiger partial charge on any atom is 0.573 e. The number of nitrogens with one attached hydrogen (secondary N) is 1. The minimum Gasteiger partial charge on any atom is -0.406 e. The molecule has 106 valence electrons. The molecule has 4 nitrogen and oxygen atoms in total. The van der Waals surface area contributed by atoms with Crippen LogP contribution >= 0.6 is 0 Å². The van der Waals surface area contributed by atoms with E-state index in [0.717, 1.165) is 12.1 Å². The zero-order valence-electron chi connectivity index (χ0n) is 10.7. The maximum absolute atomic E-state index is 12.0.